The van der Waals surface area contributed by atoms with Crippen LogP contribution in [0.5, 0.6) is 5.75 Å². The third-order valence-electron chi connectivity index (χ3n) is 4.35. The zero-order valence-electron chi connectivity index (χ0n) is 15.7. The summed E-state index contributed by atoms with van der Waals surface area (Å²) in [5.41, 5.74) is 1.73. The van der Waals surface area contributed by atoms with Crippen LogP contribution in [-0.4, -0.2) is 30.8 Å². The van der Waals surface area contributed by atoms with Gasteiger partial charge in [0.15, 0.2) is 0 Å². The van der Waals surface area contributed by atoms with Gasteiger partial charge in [-0.15, -0.1) is 0 Å². The first-order chi connectivity index (χ1) is 12.8. The fourth-order valence-corrected chi connectivity index (χ4v) is 3.08. The quantitative estimate of drug-likeness (QED) is 0.741. The van der Waals surface area contributed by atoms with Crippen molar-refractivity contribution in [2.75, 3.05) is 13.7 Å². The molecule has 0 spiro atoms. The second kappa shape index (κ2) is 8.41. The zero-order chi connectivity index (χ0) is 20.1. The van der Waals surface area contributed by atoms with Crippen LogP contribution in [0.25, 0.3) is 0 Å². The number of ether oxygens (including phenoxy) is 2. The van der Waals surface area contributed by atoms with Crippen molar-refractivity contribution in [3.05, 3.63) is 52.4 Å². The van der Waals surface area contributed by atoms with Crippen molar-refractivity contribution in [3.8, 4) is 11.8 Å². The van der Waals surface area contributed by atoms with E-state index in [0.29, 0.717) is 22.7 Å². The molecule has 2 rings (SSSR count). The van der Waals surface area contributed by atoms with Crippen LogP contribution in [0.3, 0.4) is 0 Å². The fourth-order valence-electron chi connectivity index (χ4n) is 3.08. The summed E-state index contributed by atoms with van der Waals surface area (Å²) in [6.45, 7) is 4.90. The highest BCUT2D eigenvalue weighted by molar-refractivity contribution is 5.99. The monoisotopic (exact) mass is 370 g/mol. The Morgan fingerprint density at radius 1 is 1.26 bits per heavy atom. The van der Waals surface area contributed by atoms with Crippen LogP contribution >= 0.6 is 0 Å². The minimum absolute atomic E-state index is 0.0466. The van der Waals surface area contributed by atoms with Crippen LogP contribution in [-0.2, 0) is 14.3 Å². The number of aliphatic carboxylic acids is 1. The molecular formula is C20H22N2O5. The molecule has 1 aliphatic heterocycles. The average Bonchev–Trinajstić information content (AvgIpc) is 2.64. The van der Waals surface area contributed by atoms with Crippen molar-refractivity contribution in [2.45, 2.75) is 26.7 Å². The molecule has 1 aromatic rings. The second-order valence-electron chi connectivity index (χ2n) is 6.31. The molecule has 0 saturated heterocycles. The molecular weight excluding hydrogens is 348 g/mol. The van der Waals surface area contributed by atoms with Gasteiger partial charge in [-0.3, -0.25) is 0 Å². The highest BCUT2D eigenvalue weighted by atomic mass is 16.5. The topological polar surface area (TPSA) is 109 Å². The molecule has 1 aromatic carbocycles. The van der Waals surface area contributed by atoms with E-state index >= 15 is 0 Å². The molecule has 7 heteroatoms. The molecule has 2 N–H and O–H groups in total. The summed E-state index contributed by atoms with van der Waals surface area (Å²) in [6, 6.07) is 8.96. The lowest BCUT2D eigenvalue weighted by Crippen LogP contribution is -2.32. The lowest BCUT2D eigenvalue weighted by Gasteiger charge is -2.30. The van der Waals surface area contributed by atoms with E-state index in [0.717, 1.165) is 0 Å². The number of carbonyl (C=O) groups excluding carboxylic acids is 1. The van der Waals surface area contributed by atoms with E-state index in [9.17, 15) is 14.7 Å². The highest BCUT2D eigenvalue weighted by Crippen LogP contribution is 2.42. The van der Waals surface area contributed by atoms with Gasteiger partial charge in [-0.25, -0.2) is 9.59 Å². The van der Waals surface area contributed by atoms with Crippen LogP contribution in [0.15, 0.2) is 46.8 Å². The Morgan fingerprint density at radius 3 is 2.48 bits per heavy atom. The second-order valence-corrected chi connectivity index (χ2v) is 6.31. The number of carbonyl (C=O) groups is 2. The number of hydrogen-bond acceptors (Lipinski definition) is 6. The minimum Gasteiger partial charge on any atom is -0.496 e. The molecule has 0 aromatic heterocycles. The Kier molecular flexibility index (Phi) is 6.24. The maximum atomic E-state index is 12.8. The first-order valence-electron chi connectivity index (χ1n) is 8.43. The standard InChI is InChI=1S/C20H22N2O5/c1-11(9-21)10-27-20(25)17-13(3)22-12(2)16(19(23)24)18(17)14-7-5-6-8-15(14)26-4/h5-8,11,18,22H,10H2,1-4H3,(H,23,24). The number of rotatable bonds is 6. The highest BCUT2D eigenvalue weighted by Gasteiger charge is 2.38. The predicted octanol–water partition coefficient (Wildman–Crippen LogP) is 2.72. The Bertz CT molecular complexity index is 863. The van der Waals surface area contributed by atoms with Crippen LogP contribution in [0, 0.1) is 17.2 Å². The van der Waals surface area contributed by atoms with Gasteiger partial charge in [-0.2, -0.15) is 5.26 Å². The Balaban J connectivity index is 2.58. The van der Waals surface area contributed by atoms with Gasteiger partial charge in [0.2, 0.25) is 0 Å². The van der Waals surface area contributed by atoms with E-state index < -0.39 is 23.8 Å². The number of dihydropyridines is 1. The SMILES string of the molecule is COc1ccccc1C1C(C(=O)O)=C(C)NC(C)=C1C(=O)OCC(C)C#N. The van der Waals surface area contributed by atoms with E-state index in [2.05, 4.69) is 5.32 Å². The molecule has 0 bridgehead atoms. The lowest BCUT2D eigenvalue weighted by molar-refractivity contribution is -0.140. The van der Waals surface area contributed by atoms with Crippen molar-refractivity contribution in [1.29, 1.82) is 5.26 Å². The molecule has 2 atom stereocenters. The number of carboxylic acids is 1. The van der Waals surface area contributed by atoms with Gasteiger partial charge in [-0.1, -0.05) is 18.2 Å². The number of benzene rings is 1. The number of nitriles is 1. The Morgan fingerprint density at radius 2 is 1.89 bits per heavy atom. The van der Waals surface area contributed by atoms with Crippen molar-refractivity contribution in [3.63, 3.8) is 0 Å². The van der Waals surface area contributed by atoms with Crippen LogP contribution in [0.4, 0.5) is 0 Å². The fraction of sp³-hybridized carbons (Fsp3) is 0.350. The van der Waals surface area contributed by atoms with Crippen molar-refractivity contribution in [2.24, 2.45) is 5.92 Å². The third-order valence-corrected chi connectivity index (χ3v) is 4.35. The maximum absolute atomic E-state index is 12.8. The van der Waals surface area contributed by atoms with Gasteiger partial charge >= 0.3 is 11.9 Å². The molecule has 0 radical (unpaired) electrons. The number of nitrogens with zero attached hydrogens (tertiary/aromatic N) is 1. The van der Waals surface area contributed by atoms with E-state index in [1.807, 2.05) is 6.07 Å². The van der Waals surface area contributed by atoms with Crippen LogP contribution in [0.1, 0.15) is 32.3 Å². The first kappa shape index (κ1) is 20.0. The summed E-state index contributed by atoms with van der Waals surface area (Å²) < 4.78 is 10.7. The van der Waals surface area contributed by atoms with E-state index in [-0.39, 0.29) is 17.8 Å². The van der Waals surface area contributed by atoms with Gasteiger partial charge in [0.25, 0.3) is 0 Å². The number of hydrogen-bond donors (Lipinski definition) is 2. The summed E-state index contributed by atoms with van der Waals surface area (Å²) in [5, 5.41) is 21.6. The first-order valence-corrected chi connectivity index (χ1v) is 8.43. The number of methoxy groups -OCH3 is 1. The van der Waals surface area contributed by atoms with Crippen molar-refractivity contribution >= 4 is 11.9 Å². The number of nitrogens with one attached hydrogen (secondary N) is 1. The Labute approximate surface area is 157 Å². The molecule has 0 saturated carbocycles. The van der Waals surface area contributed by atoms with E-state index in [4.69, 9.17) is 14.7 Å². The average molecular weight is 370 g/mol. The number of esters is 1. The van der Waals surface area contributed by atoms with Gasteiger partial charge in [0.05, 0.1) is 36.2 Å². The van der Waals surface area contributed by atoms with Crippen molar-refractivity contribution in [1.82, 2.24) is 5.32 Å². The largest absolute Gasteiger partial charge is 0.496 e. The summed E-state index contributed by atoms with van der Waals surface area (Å²) in [5.74, 6) is -2.65. The summed E-state index contributed by atoms with van der Waals surface area (Å²) in [4.78, 5) is 24.8. The molecule has 1 aliphatic rings. The van der Waals surface area contributed by atoms with Crippen LogP contribution < -0.4 is 10.1 Å². The molecule has 2 unspecified atom stereocenters. The minimum atomic E-state index is -1.14. The Hall–Kier alpha value is -3.27. The number of allylic oxidation sites excluding steroid dienone is 2. The third kappa shape index (κ3) is 4.11. The molecule has 0 amide bonds. The smallest absolute Gasteiger partial charge is 0.336 e. The predicted molar refractivity (Wildman–Crippen MR) is 97.6 cm³/mol. The number of para-hydroxylation sites is 1. The molecule has 1 heterocycles. The van der Waals surface area contributed by atoms with Gasteiger partial charge in [0, 0.05) is 17.0 Å². The summed E-state index contributed by atoms with van der Waals surface area (Å²) >= 11 is 0. The molecule has 27 heavy (non-hydrogen) atoms. The normalized spacial score (nSPS) is 17.7. The van der Waals surface area contributed by atoms with E-state index in [1.54, 1.807) is 45.0 Å². The maximum Gasteiger partial charge on any atom is 0.336 e. The lowest BCUT2D eigenvalue weighted by atomic mass is 9.80. The zero-order valence-corrected chi connectivity index (χ0v) is 15.7. The van der Waals surface area contributed by atoms with Gasteiger partial charge < -0.3 is 19.9 Å². The summed E-state index contributed by atoms with van der Waals surface area (Å²) in [7, 11) is 1.49. The van der Waals surface area contributed by atoms with Crippen molar-refractivity contribution < 1.29 is 24.2 Å². The van der Waals surface area contributed by atoms with Gasteiger partial charge in [0.1, 0.15) is 12.4 Å². The molecule has 7 nitrogen and oxygen atoms in total. The molecule has 0 aliphatic carbocycles. The summed E-state index contributed by atoms with van der Waals surface area (Å²) in [6.07, 6.45) is 0. The molecule has 0 fully saturated rings. The van der Waals surface area contributed by atoms with Gasteiger partial charge in [-0.05, 0) is 26.8 Å². The van der Waals surface area contributed by atoms with Crippen LogP contribution in [0.2, 0.25) is 0 Å². The van der Waals surface area contributed by atoms with E-state index in [1.165, 1.54) is 7.11 Å². The number of carboxylic acid groups (broad SMARTS) is 1. The molecule has 142 valence electrons.